The Balaban J connectivity index is 2.05. The Labute approximate surface area is 188 Å². The highest BCUT2D eigenvalue weighted by Crippen LogP contribution is 2.26. The fraction of sp³-hybridized carbons (Fsp3) is 0.208. The highest BCUT2D eigenvalue weighted by molar-refractivity contribution is 5.98. The minimum Gasteiger partial charge on any atom is -0.466 e. The quantitative estimate of drug-likeness (QED) is 0.378. The van der Waals surface area contributed by atoms with Gasteiger partial charge in [-0.1, -0.05) is 30.3 Å². The van der Waals surface area contributed by atoms with Gasteiger partial charge in [-0.05, 0) is 30.2 Å². The Kier molecular flexibility index (Phi) is 7.55. The molecule has 0 aliphatic heterocycles. The van der Waals surface area contributed by atoms with Crippen molar-refractivity contribution < 1.29 is 32.6 Å². The van der Waals surface area contributed by atoms with Crippen molar-refractivity contribution in [2.45, 2.75) is 19.8 Å². The number of aromatic nitrogens is 2. The first-order valence-corrected chi connectivity index (χ1v) is 10.00. The Bertz CT molecular complexity index is 1180. The van der Waals surface area contributed by atoms with Gasteiger partial charge in [-0.3, -0.25) is 9.59 Å². The zero-order chi connectivity index (χ0) is 24.0. The van der Waals surface area contributed by atoms with Crippen LogP contribution in [-0.4, -0.2) is 41.9 Å². The minimum atomic E-state index is -0.910. The number of methoxy groups -OCH3 is 1. The molecule has 0 atom stereocenters. The zero-order valence-electron chi connectivity index (χ0n) is 17.9. The third-order valence-electron chi connectivity index (χ3n) is 4.75. The lowest BCUT2D eigenvalue weighted by atomic mass is 10.0. The average Bonchev–Trinajstić information content (AvgIpc) is 2.79. The summed E-state index contributed by atoms with van der Waals surface area (Å²) in [5.41, 5.74) is 0.406. The maximum atomic E-state index is 14.3. The van der Waals surface area contributed by atoms with Crippen molar-refractivity contribution in [3.8, 4) is 11.4 Å². The van der Waals surface area contributed by atoms with E-state index in [2.05, 4.69) is 9.97 Å². The molecule has 0 saturated heterocycles. The summed E-state index contributed by atoms with van der Waals surface area (Å²) in [4.78, 5) is 43.8. The van der Waals surface area contributed by atoms with Crippen molar-refractivity contribution in [2.24, 2.45) is 0 Å². The maximum Gasteiger partial charge on any atom is 0.342 e. The van der Waals surface area contributed by atoms with E-state index in [1.165, 1.54) is 6.07 Å². The van der Waals surface area contributed by atoms with E-state index >= 15 is 0 Å². The molecule has 0 bridgehead atoms. The number of aldehydes is 1. The van der Waals surface area contributed by atoms with E-state index in [4.69, 9.17) is 9.47 Å². The Morgan fingerprint density at radius 3 is 2.21 bits per heavy atom. The molecule has 33 heavy (non-hydrogen) atoms. The Morgan fingerprint density at radius 1 is 1.00 bits per heavy atom. The van der Waals surface area contributed by atoms with Crippen LogP contribution in [0.2, 0.25) is 0 Å². The lowest BCUT2D eigenvalue weighted by molar-refractivity contribution is -0.142. The highest BCUT2D eigenvalue weighted by Gasteiger charge is 2.24. The van der Waals surface area contributed by atoms with E-state index in [1.807, 2.05) is 0 Å². The SMILES string of the molecule is CCOC(=O)Cc1ccc(Cc2nc(-c3c(F)cccc3F)nc(C=O)c2C(=O)OC)cc1. The van der Waals surface area contributed by atoms with Crippen LogP contribution in [0.5, 0.6) is 0 Å². The van der Waals surface area contributed by atoms with Gasteiger partial charge in [0.15, 0.2) is 12.1 Å². The monoisotopic (exact) mass is 454 g/mol. The molecule has 2 aromatic carbocycles. The van der Waals surface area contributed by atoms with Gasteiger partial charge in [0.25, 0.3) is 0 Å². The second-order valence-electron chi connectivity index (χ2n) is 6.94. The summed E-state index contributed by atoms with van der Waals surface area (Å²) < 4.78 is 38.3. The van der Waals surface area contributed by atoms with Crippen molar-refractivity contribution >= 4 is 18.2 Å². The molecule has 0 spiro atoms. The van der Waals surface area contributed by atoms with E-state index in [1.54, 1.807) is 31.2 Å². The summed E-state index contributed by atoms with van der Waals surface area (Å²) in [7, 11) is 1.13. The van der Waals surface area contributed by atoms with Gasteiger partial charge in [-0.15, -0.1) is 0 Å². The summed E-state index contributed by atoms with van der Waals surface area (Å²) >= 11 is 0. The molecule has 0 unspecified atom stereocenters. The summed E-state index contributed by atoms with van der Waals surface area (Å²) in [6.45, 7) is 2.00. The molecular weight excluding hydrogens is 434 g/mol. The van der Waals surface area contributed by atoms with Gasteiger partial charge < -0.3 is 9.47 Å². The molecule has 3 rings (SSSR count). The van der Waals surface area contributed by atoms with Gasteiger partial charge in [0, 0.05) is 6.42 Å². The summed E-state index contributed by atoms with van der Waals surface area (Å²) in [6, 6.07) is 10.1. The summed E-state index contributed by atoms with van der Waals surface area (Å²) in [5, 5.41) is 0. The molecule has 170 valence electrons. The number of halogens is 2. The van der Waals surface area contributed by atoms with E-state index in [-0.39, 0.29) is 48.2 Å². The van der Waals surface area contributed by atoms with Crippen LogP contribution in [-0.2, 0) is 27.1 Å². The number of ether oxygens (including phenoxy) is 2. The molecule has 9 heteroatoms. The number of benzene rings is 2. The number of esters is 2. The van der Waals surface area contributed by atoms with E-state index in [0.29, 0.717) is 11.8 Å². The van der Waals surface area contributed by atoms with E-state index in [9.17, 15) is 23.2 Å². The van der Waals surface area contributed by atoms with Crippen molar-refractivity contribution in [3.05, 3.63) is 82.2 Å². The van der Waals surface area contributed by atoms with E-state index < -0.39 is 23.2 Å². The third kappa shape index (κ3) is 5.43. The maximum absolute atomic E-state index is 14.3. The Morgan fingerprint density at radius 2 is 1.64 bits per heavy atom. The number of hydrogen-bond donors (Lipinski definition) is 0. The molecule has 0 saturated carbocycles. The molecule has 1 heterocycles. The highest BCUT2D eigenvalue weighted by atomic mass is 19.1. The summed E-state index contributed by atoms with van der Waals surface area (Å²) in [5.74, 6) is -3.40. The molecule has 7 nitrogen and oxygen atoms in total. The number of carbonyl (C=O) groups excluding carboxylic acids is 3. The fourth-order valence-electron chi connectivity index (χ4n) is 3.23. The molecule has 0 amide bonds. The molecule has 0 fully saturated rings. The van der Waals surface area contributed by atoms with Gasteiger partial charge in [0.2, 0.25) is 0 Å². The summed E-state index contributed by atoms with van der Waals surface area (Å²) in [6.07, 6.45) is 0.444. The van der Waals surface area contributed by atoms with E-state index in [0.717, 1.165) is 24.8 Å². The van der Waals surface area contributed by atoms with Gasteiger partial charge in [-0.2, -0.15) is 0 Å². The zero-order valence-corrected chi connectivity index (χ0v) is 17.9. The standard InChI is InChI=1S/C24H20F2N2O5/c1-3-33-20(30)12-15-9-7-14(8-10-15)11-18-22(24(31)32-2)19(13-29)28-23(27-18)21-16(25)5-4-6-17(21)26/h4-10,13H,3,11-12H2,1-2H3. The second kappa shape index (κ2) is 10.5. The van der Waals surface area contributed by atoms with Crippen LogP contribution >= 0.6 is 0 Å². The van der Waals surface area contributed by atoms with Gasteiger partial charge in [-0.25, -0.2) is 23.5 Å². The van der Waals surface area contributed by atoms with Crippen LogP contribution < -0.4 is 0 Å². The molecule has 0 aliphatic carbocycles. The minimum absolute atomic E-state index is 0.0382. The van der Waals surface area contributed by atoms with Crippen molar-refractivity contribution in [1.82, 2.24) is 9.97 Å². The largest absolute Gasteiger partial charge is 0.466 e. The molecule has 3 aromatic rings. The first-order chi connectivity index (χ1) is 15.9. The van der Waals surface area contributed by atoms with Crippen LogP contribution in [0, 0.1) is 11.6 Å². The molecular formula is C24H20F2N2O5. The third-order valence-corrected chi connectivity index (χ3v) is 4.75. The predicted octanol–water partition coefficient (Wildman–Crippen LogP) is 3.72. The smallest absolute Gasteiger partial charge is 0.342 e. The number of rotatable bonds is 8. The Hall–Kier alpha value is -4.01. The van der Waals surface area contributed by atoms with Gasteiger partial charge in [0.1, 0.15) is 22.9 Å². The second-order valence-corrected chi connectivity index (χ2v) is 6.94. The van der Waals surface area contributed by atoms with Crippen molar-refractivity contribution in [1.29, 1.82) is 0 Å². The molecule has 1 aromatic heterocycles. The van der Waals surface area contributed by atoms with Gasteiger partial charge >= 0.3 is 11.9 Å². The fourth-order valence-corrected chi connectivity index (χ4v) is 3.23. The van der Waals surface area contributed by atoms with Crippen LogP contribution in [0.15, 0.2) is 42.5 Å². The number of carbonyl (C=O) groups is 3. The first-order valence-electron chi connectivity index (χ1n) is 10.00. The van der Waals surface area contributed by atoms with Gasteiger partial charge in [0.05, 0.1) is 31.4 Å². The molecule has 0 N–H and O–H groups in total. The van der Waals surface area contributed by atoms with Crippen molar-refractivity contribution in [2.75, 3.05) is 13.7 Å². The topological polar surface area (TPSA) is 95.5 Å². The van der Waals surface area contributed by atoms with Crippen LogP contribution in [0.1, 0.15) is 44.6 Å². The van der Waals surface area contributed by atoms with Crippen LogP contribution in [0.25, 0.3) is 11.4 Å². The number of hydrogen-bond acceptors (Lipinski definition) is 7. The van der Waals surface area contributed by atoms with Crippen LogP contribution in [0.4, 0.5) is 8.78 Å². The number of nitrogens with zero attached hydrogens (tertiary/aromatic N) is 2. The molecule has 0 aliphatic rings. The molecule has 0 radical (unpaired) electrons. The first kappa shape index (κ1) is 23.6. The average molecular weight is 454 g/mol. The lowest BCUT2D eigenvalue weighted by Gasteiger charge is -2.13. The van der Waals surface area contributed by atoms with Crippen LogP contribution in [0.3, 0.4) is 0 Å². The lowest BCUT2D eigenvalue weighted by Crippen LogP contribution is -2.15. The normalized spacial score (nSPS) is 10.5. The van der Waals surface area contributed by atoms with Crippen molar-refractivity contribution in [3.63, 3.8) is 0 Å². The predicted molar refractivity (Wildman–Crippen MR) is 114 cm³/mol.